The maximum atomic E-state index is 14.5. The number of aliphatic hydroxyl groups is 3. The number of carbonyl (C=O) groups is 5. The first kappa shape index (κ1) is 57.7. The molecule has 1 aromatic heterocycles. The highest BCUT2D eigenvalue weighted by Crippen LogP contribution is 2.39. The fourth-order valence-corrected chi connectivity index (χ4v) is 10.7. The highest BCUT2D eigenvalue weighted by atomic mass is 16.7. The molecule has 2 bridgehead atoms. The Labute approximate surface area is 410 Å². The number of fused-ring (bicyclic) bond motifs is 3. The number of hydrogen-bond acceptors (Lipinski definition) is 14. The number of ether oxygens (including phenoxy) is 5. The van der Waals surface area contributed by atoms with E-state index in [0.717, 1.165) is 11.3 Å². The molecule has 16 heteroatoms. The Kier molecular flexibility index (Phi) is 22.6. The number of cyclic esters (lactones) is 1. The number of carbonyl (C=O) groups excluding carboxylic acids is 5. The molecular weight excluding hydrogens is 887 g/mol. The molecule has 3 aliphatic heterocycles. The van der Waals surface area contributed by atoms with E-state index in [1.54, 1.807) is 34.1 Å². The molecule has 0 unspecified atom stereocenters. The number of nitrogens with one attached hydrogen (secondary N) is 1. The maximum Gasteiger partial charge on any atom is 0.329 e. The van der Waals surface area contributed by atoms with E-state index in [4.69, 9.17) is 23.7 Å². The Morgan fingerprint density at radius 2 is 1.65 bits per heavy atom. The first-order valence-electron chi connectivity index (χ1n) is 24.9. The molecular formula is C53H83N3O13. The van der Waals surface area contributed by atoms with Crippen molar-refractivity contribution in [2.75, 3.05) is 34.4 Å². The molecule has 5 rings (SSSR count). The van der Waals surface area contributed by atoms with Crippen LogP contribution in [0.5, 0.6) is 0 Å². The van der Waals surface area contributed by atoms with E-state index < -0.39 is 83.9 Å². The van der Waals surface area contributed by atoms with Crippen molar-refractivity contribution in [2.45, 2.75) is 186 Å². The number of esters is 1. The molecule has 3 fully saturated rings. The van der Waals surface area contributed by atoms with Crippen LogP contribution in [0, 0.1) is 29.6 Å². The molecule has 69 heavy (non-hydrogen) atoms. The van der Waals surface area contributed by atoms with Crippen LogP contribution in [-0.2, 0) is 54.1 Å². The normalized spacial score (nSPS) is 35.6. The van der Waals surface area contributed by atoms with Crippen molar-refractivity contribution in [1.82, 2.24) is 15.2 Å². The van der Waals surface area contributed by atoms with Gasteiger partial charge in [-0.3, -0.25) is 24.2 Å². The summed E-state index contributed by atoms with van der Waals surface area (Å²) in [5, 5.41) is 37.6. The van der Waals surface area contributed by atoms with E-state index in [-0.39, 0.29) is 69.3 Å². The fourth-order valence-electron chi connectivity index (χ4n) is 10.7. The van der Waals surface area contributed by atoms with Gasteiger partial charge in [0.15, 0.2) is 0 Å². The van der Waals surface area contributed by atoms with E-state index in [2.05, 4.69) is 10.3 Å². The maximum absolute atomic E-state index is 14.5. The van der Waals surface area contributed by atoms with Crippen molar-refractivity contribution in [3.05, 3.63) is 53.4 Å². The molecule has 4 heterocycles. The Morgan fingerprint density at radius 1 is 0.942 bits per heavy atom. The number of aliphatic hydroxyl groups excluding tert-OH is 2. The highest BCUT2D eigenvalue weighted by Gasteiger charge is 2.56. The van der Waals surface area contributed by atoms with Crippen LogP contribution in [0.4, 0.5) is 0 Å². The van der Waals surface area contributed by atoms with Gasteiger partial charge in [-0.25, -0.2) is 4.79 Å². The van der Waals surface area contributed by atoms with Crippen molar-refractivity contribution in [2.24, 2.45) is 29.6 Å². The Bertz CT molecular complexity index is 1910. The van der Waals surface area contributed by atoms with E-state index in [1.165, 1.54) is 19.1 Å². The molecule has 14 atom stereocenters. The number of amides is 2. The summed E-state index contributed by atoms with van der Waals surface area (Å²) in [7, 11) is 4.59. The predicted molar refractivity (Wildman–Crippen MR) is 259 cm³/mol. The molecule has 1 aromatic rings. The number of Topliss-reactive ketones (excluding diaryl/α,β-unsaturated/α-hetero) is 2. The number of pyridine rings is 1. The van der Waals surface area contributed by atoms with Gasteiger partial charge in [-0.05, 0) is 114 Å². The van der Waals surface area contributed by atoms with Crippen molar-refractivity contribution >= 4 is 29.4 Å². The Morgan fingerprint density at radius 3 is 2.33 bits per heavy atom. The zero-order chi connectivity index (χ0) is 49.7. The molecule has 1 saturated carbocycles. The first-order valence-corrected chi connectivity index (χ1v) is 24.9. The lowest BCUT2D eigenvalue weighted by atomic mass is 9.81. The van der Waals surface area contributed by atoms with E-state index in [9.17, 15) is 39.3 Å². The molecule has 2 saturated heterocycles. The molecule has 2 amide bonds. The zero-order valence-electron chi connectivity index (χ0n) is 41.6. The zero-order valence-corrected chi connectivity index (χ0v) is 41.6. The van der Waals surface area contributed by atoms with Crippen LogP contribution in [0.25, 0.3) is 0 Å². The van der Waals surface area contributed by atoms with Gasteiger partial charge in [0.2, 0.25) is 11.7 Å². The summed E-state index contributed by atoms with van der Waals surface area (Å²) in [6, 6.07) is 4.46. The molecule has 16 nitrogen and oxygen atoms in total. The van der Waals surface area contributed by atoms with Crippen LogP contribution in [0.3, 0.4) is 0 Å². The summed E-state index contributed by atoms with van der Waals surface area (Å²) in [6.07, 6.45) is 5.46. The second kappa shape index (κ2) is 27.1. The highest BCUT2D eigenvalue weighted by molar-refractivity contribution is 6.39. The van der Waals surface area contributed by atoms with Crippen LogP contribution < -0.4 is 5.32 Å². The lowest BCUT2D eigenvalue weighted by Gasteiger charge is -2.47. The molecule has 4 N–H and O–H groups in total. The van der Waals surface area contributed by atoms with Crippen LogP contribution in [-0.4, -0.2) is 144 Å². The SMILES string of the molecule is C.CO[C@H]1C[C@@H](C)C/C(C)=C/[C@@H](CCCC(=O)NCCc2ccccn2)C(=O)C[C@H](O)[C@@H](C)[C@@H](/C(C)=C/[C@@H]2CC[C@@H](O)[C@H](OC)C2)OC(=O)[C@@H]2CCCCN2C(=O)C(=O)[C@]2(O)O[C@H]1[C@@H](OC)C[C@H]2C. The van der Waals surface area contributed by atoms with E-state index in [1.807, 2.05) is 44.2 Å². The average Bonchev–Trinajstić information content (AvgIpc) is 3.32. The molecule has 0 aromatic carbocycles. The van der Waals surface area contributed by atoms with Crippen LogP contribution in [0.1, 0.15) is 131 Å². The molecule has 0 spiro atoms. The number of ketones is 2. The summed E-state index contributed by atoms with van der Waals surface area (Å²) in [6.45, 7) is 9.60. The van der Waals surface area contributed by atoms with Gasteiger partial charge in [0.1, 0.15) is 24.0 Å². The summed E-state index contributed by atoms with van der Waals surface area (Å²) < 4.78 is 30.0. The molecule has 1 aliphatic carbocycles. The average molecular weight is 970 g/mol. The van der Waals surface area contributed by atoms with Gasteiger partial charge >= 0.3 is 5.97 Å². The Balaban J connectivity index is 0.0000104. The van der Waals surface area contributed by atoms with Crippen LogP contribution >= 0.6 is 0 Å². The summed E-state index contributed by atoms with van der Waals surface area (Å²) in [5.41, 5.74) is 2.40. The third kappa shape index (κ3) is 15.3. The lowest BCUT2D eigenvalue weighted by molar-refractivity contribution is -0.302. The van der Waals surface area contributed by atoms with E-state index >= 15 is 0 Å². The number of rotatable bonds is 12. The smallest absolute Gasteiger partial charge is 0.329 e. The van der Waals surface area contributed by atoms with Gasteiger partial charge in [0, 0.05) is 83.3 Å². The van der Waals surface area contributed by atoms with E-state index in [0.29, 0.717) is 76.3 Å². The van der Waals surface area contributed by atoms with Gasteiger partial charge in [0.25, 0.3) is 11.7 Å². The second-order valence-corrected chi connectivity index (χ2v) is 20.1. The van der Waals surface area contributed by atoms with Crippen molar-refractivity contribution in [1.29, 1.82) is 0 Å². The third-order valence-electron chi connectivity index (χ3n) is 14.8. The topological polar surface area (TPSA) is 220 Å². The van der Waals surface area contributed by atoms with Gasteiger partial charge < -0.3 is 49.2 Å². The molecule has 4 aliphatic rings. The first-order chi connectivity index (χ1) is 32.4. The number of allylic oxidation sites excluding steroid dienone is 3. The minimum absolute atomic E-state index is 0. The summed E-state index contributed by atoms with van der Waals surface area (Å²) >= 11 is 0. The number of nitrogens with zero attached hydrogens (tertiary/aromatic N) is 2. The summed E-state index contributed by atoms with van der Waals surface area (Å²) in [4.78, 5) is 76.1. The van der Waals surface area contributed by atoms with Gasteiger partial charge in [-0.2, -0.15) is 0 Å². The van der Waals surface area contributed by atoms with Gasteiger partial charge in [0.05, 0.1) is 30.5 Å². The Hall–Kier alpha value is -3.90. The second-order valence-electron chi connectivity index (χ2n) is 20.1. The summed E-state index contributed by atoms with van der Waals surface area (Å²) in [5.74, 6) is -8.35. The van der Waals surface area contributed by atoms with Crippen LogP contribution in [0.2, 0.25) is 0 Å². The van der Waals surface area contributed by atoms with Crippen molar-refractivity contribution in [3.63, 3.8) is 0 Å². The quantitative estimate of drug-likeness (QED) is 0.114. The predicted octanol–water partition coefficient (Wildman–Crippen LogP) is 5.62. The monoisotopic (exact) mass is 970 g/mol. The standard InChI is InChI=1S/C52H79N3O13.CH4/c1-31-24-32(2)26-44(65-7)48-45(66-8)28-34(4)52(63,68-48)49(60)50(61)55-23-12-10-16-39(55)51(62)67-47(33(3)27-36-18-19-40(56)43(29-36)64-6)35(5)41(57)30-42(58)37(25-31)14-13-17-46(59)54-22-20-38-15-9-11-21-53-38;/h9,11,15,21,25,27,32,34-37,39-41,43-45,47-48,56-57,63H,10,12-14,16-20,22-24,26,28-30H2,1-8H3,(H,54,59);1H4/b31-25+,33-27+;/t32-,34+,35+,36-,37+,39-,40+,41-,43+,44-,45-,47+,48+,52+;/m0./s1. The molecule has 0 radical (unpaired) electrons. The van der Waals surface area contributed by atoms with Crippen LogP contribution in [0.15, 0.2) is 47.7 Å². The van der Waals surface area contributed by atoms with Crippen molar-refractivity contribution < 1.29 is 63.0 Å². The minimum atomic E-state index is -2.55. The number of aromatic nitrogens is 1. The largest absolute Gasteiger partial charge is 0.456 e. The van der Waals surface area contributed by atoms with Crippen molar-refractivity contribution in [3.8, 4) is 0 Å². The lowest BCUT2D eigenvalue weighted by Crippen LogP contribution is -2.64. The number of piperidine rings is 1. The third-order valence-corrected chi connectivity index (χ3v) is 14.8. The number of hydrogen-bond donors (Lipinski definition) is 4. The van der Waals surface area contributed by atoms with Gasteiger partial charge in [-0.15, -0.1) is 0 Å². The number of methoxy groups -OCH3 is 3. The minimum Gasteiger partial charge on any atom is -0.456 e. The van der Waals surface area contributed by atoms with Gasteiger partial charge in [-0.1, -0.05) is 52.0 Å². The molecule has 388 valence electrons. The fraction of sp³-hybridized carbons (Fsp3) is 0.736.